The maximum Gasteiger partial charge on any atom is 0.193 e. The molecule has 5 nitrogen and oxygen atoms in total. The Morgan fingerprint density at radius 1 is 1.27 bits per heavy atom. The van der Waals surface area contributed by atoms with Crippen molar-refractivity contribution in [3.8, 4) is 0 Å². The van der Waals surface area contributed by atoms with Crippen molar-refractivity contribution in [2.45, 2.75) is 77.8 Å². The van der Waals surface area contributed by atoms with Crippen molar-refractivity contribution < 1.29 is 23.8 Å². The Morgan fingerprint density at radius 2 is 2.03 bits per heavy atom. The summed E-state index contributed by atoms with van der Waals surface area (Å²) in [5.74, 6) is 0.759. The van der Waals surface area contributed by atoms with Crippen molar-refractivity contribution in [3.63, 3.8) is 0 Å². The quantitative estimate of drug-likeness (QED) is 0.802. The van der Waals surface area contributed by atoms with E-state index in [0.29, 0.717) is 31.8 Å². The van der Waals surface area contributed by atoms with Gasteiger partial charge in [-0.05, 0) is 56.1 Å². The lowest BCUT2D eigenvalue weighted by Gasteiger charge is -2.39. The van der Waals surface area contributed by atoms with Gasteiger partial charge in [0.15, 0.2) is 11.6 Å². The lowest BCUT2D eigenvalue weighted by Crippen LogP contribution is -2.43. The normalized spacial score (nSPS) is 45.5. The van der Waals surface area contributed by atoms with Crippen molar-refractivity contribution in [3.05, 3.63) is 34.8 Å². The van der Waals surface area contributed by atoms with Gasteiger partial charge in [-0.15, -0.1) is 0 Å². The summed E-state index contributed by atoms with van der Waals surface area (Å²) in [6.45, 7) is 11.2. The minimum absolute atomic E-state index is 0.0408. The van der Waals surface area contributed by atoms with Crippen LogP contribution in [0.3, 0.4) is 0 Å². The monoisotopic (exact) mass is 414 g/mol. The van der Waals surface area contributed by atoms with Crippen LogP contribution in [0.2, 0.25) is 0 Å². The number of aliphatic hydroxyl groups excluding tert-OH is 1. The first-order chi connectivity index (χ1) is 14.2. The summed E-state index contributed by atoms with van der Waals surface area (Å²) in [4.78, 5) is 13.9. The van der Waals surface area contributed by atoms with Crippen molar-refractivity contribution >= 4 is 5.78 Å². The highest BCUT2D eigenvalue weighted by atomic mass is 16.7. The predicted molar refractivity (Wildman–Crippen MR) is 112 cm³/mol. The van der Waals surface area contributed by atoms with Crippen LogP contribution in [0.25, 0.3) is 0 Å². The van der Waals surface area contributed by atoms with Gasteiger partial charge in [0, 0.05) is 35.8 Å². The third kappa shape index (κ3) is 2.74. The second-order valence-electron chi connectivity index (χ2n) is 10.6. The fraction of sp³-hybridized carbons (Fsp3) is 0.720. The molecule has 1 aromatic rings. The summed E-state index contributed by atoms with van der Waals surface area (Å²) in [5, 5.41) is 10.8. The zero-order valence-electron chi connectivity index (χ0n) is 18.7. The highest BCUT2D eigenvalue weighted by molar-refractivity contribution is 6.02. The molecule has 0 amide bonds. The van der Waals surface area contributed by atoms with E-state index in [-0.39, 0.29) is 29.5 Å². The topological polar surface area (TPSA) is 68.9 Å². The molecule has 1 N–H and O–H groups in total. The van der Waals surface area contributed by atoms with E-state index in [1.54, 1.807) is 6.26 Å². The first kappa shape index (κ1) is 20.5. The zero-order chi connectivity index (χ0) is 21.4. The molecule has 4 aliphatic rings. The first-order valence-corrected chi connectivity index (χ1v) is 11.5. The average Bonchev–Trinajstić information content (AvgIpc) is 3.39. The largest absolute Gasteiger partial charge is 0.469 e. The molecule has 3 heterocycles. The van der Waals surface area contributed by atoms with E-state index < -0.39 is 17.5 Å². The second kappa shape index (κ2) is 6.78. The van der Waals surface area contributed by atoms with Crippen LogP contribution in [0.1, 0.15) is 58.3 Å². The first-order valence-electron chi connectivity index (χ1n) is 11.5. The van der Waals surface area contributed by atoms with Crippen molar-refractivity contribution in [1.29, 1.82) is 0 Å². The molecular weight excluding hydrogens is 380 g/mol. The van der Waals surface area contributed by atoms with Crippen LogP contribution in [0.15, 0.2) is 27.9 Å². The number of hydrogen-bond acceptors (Lipinski definition) is 5. The number of ketones is 1. The number of rotatable bonds is 3. The van der Waals surface area contributed by atoms with Crippen LogP contribution in [-0.4, -0.2) is 35.0 Å². The van der Waals surface area contributed by atoms with Gasteiger partial charge < -0.3 is 19.0 Å². The average molecular weight is 415 g/mol. The number of fused-ring (bicyclic) bond motifs is 2. The SMILES string of the molecule is Cc1ccoc1CC[C@@]1(C)O[C@@]2(C[C@@H](C)CO2)C2=C1C(=O)[C@H]1[C@H]([C@@H](O)C[C@@H]1C)[C@H]2C. The molecule has 1 saturated heterocycles. The van der Waals surface area contributed by atoms with Crippen LogP contribution in [0.4, 0.5) is 0 Å². The second-order valence-corrected chi connectivity index (χ2v) is 10.6. The van der Waals surface area contributed by atoms with Crippen molar-refractivity contribution in [2.75, 3.05) is 6.61 Å². The Labute approximate surface area is 178 Å². The van der Waals surface area contributed by atoms with Gasteiger partial charge in [0.1, 0.15) is 5.76 Å². The standard InChI is InChI=1S/C25H34O5/c1-13-11-25(29-12-13)21-16(4)20-17(26)10-15(3)19(20)23(27)22(21)24(5,30-25)8-6-18-14(2)7-9-28-18/h7,9,13,15-17,19-20,26H,6,8,10-12H2,1-5H3/t13-,15+,16-,17+,19-,20+,24-,25+/m1/s1. The number of aryl methyl sites for hydroxylation is 2. The molecule has 0 bridgehead atoms. The Morgan fingerprint density at radius 3 is 2.67 bits per heavy atom. The zero-order valence-corrected chi connectivity index (χ0v) is 18.7. The highest BCUT2D eigenvalue weighted by Crippen LogP contribution is 2.61. The maximum absolute atomic E-state index is 13.9. The molecule has 1 saturated carbocycles. The smallest absolute Gasteiger partial charge is 0.193 e. The van der Waals surface area contributed by atoms with Gasteiger partial charge in [0.05, 0.1) is 24.6 Å². The number of furan rings is 1. The molecule has 1 aromatic heterocycles. The number of ether oxygens (including phenoxy) is 2. The summed E-state index contributed by atoms with van der Waals surface area (Å²) in [5.41, 5.74) is 2.27. The lowest BCUT2D eigenvalue weighted by molar-refractivity contribution is -0.218. The van der Waals surface area contributed by atoms with E-state index in [0.717, 1.165) is 28.9 Å². The molecular formula is C25H34O5. The molecule has 5 heteroatoms. The number of Topliss-reactive ketones (excluding diaryl/α,β-unsaturated/α-hetero) is 1. The Bertz CT molecular complexity index is 899. The van der Waals surface area contributed by atoms with E-state index in [2.05, 4.69) is 27.7 Å². The fourth-order valence-electron chi connectivity index (χ4n) is 6.95. The number of aliphatic hydroxyl groups is 1. The van der Waals surface area contributed by atoms with Gasteiger partial charge in [0.2, 0.25) is 0 Å². The summed E-state index contributed by atoms with van der Waals surface area (Å²) in [6.07, 6.45) is 4.13. The Hall–Kier alpha value is -1.43. The van der Waals surface area contributed by atoms with Gasteiger partial charge in [-0.3, -0.25) is 4.79 Å². The predicted octanol–water partition coefficient (Wildman–Crippen LogP) is 4.21. The highest BCUT2D eigenvalue weighted by Gasteiger charge is 2.65. The Kier molecular flexibility index (Phi) is 4.63. The van der Waals surface area contributed by atoms with Gasteiger partial charge >= 0.3 is 0 Å². The van der Waals surface area contributed by atoms with E-state index in [9.17, 15) is 9.90 Å². The minimum atomic E-state index is -0.826. The van der Waals surface area contributed by atoms with Crippen LogP contribution in [-0.2, 0) is 20.7 Å². The third-order valence-corrected chi connectivity index (χ3v) is 8.28. The summed E-state index contributed by atoms with van der Waals surface area (Å²) < 4.78 is 18.8. The molecule has 164 valence electrons. The maximum atomic E-state index is 13.9. The molecule has 5 rings (SSSR count). The van der Waals surface area contributed by atoms with Crippen LogP contribution in [0.5, 0.6) is 0 Å². The molecule has 0 radical (unpaired) electrons. The summed E-state index contributed by atoms with van der Waals surface area (Å²) in [7, 11) is 0. The molecule has 2 aliphatic heterocycles. The molecule has 1 spiro atoms. The van der Waals surface area contributed by atoms with E-state index >= 15 is 0 Å². The molecule has 30 heavy (non-hydrogen) atoms. The van der Waals surface area contributed by atoms with Crippen molar-refractivity contribution in [1.82, 2.24) is 0 Å². The summed E-state index contributed by atoms with van der Waals surface area (Å²) >= 11 is 0. The van der Waals surface area contributed by atoms with Gasteiger partial charge in [-0.25, -0.2) is 0 Å². The molecule has 0 aromatic carbocycles. The lowest BCUT2D eigenvalue weighted by atomic mass is 9.64. The van der Waals surface area contributed by atoms with Crippen molar-refractivity contribution in [2.24, 2.45) is 29.6 Å². The molecule has 8 atom stereocenters. The third-order valence-electron chi connectivity index (χ3n) is 8.28. The molecule has 2 aliphatic carbocycles. The van der Waals surface area contributed by atoms with Crippen LogP contribution >= 0.6 is 0 Å². The van der Waals surface area contributed by atoms with Crippen LogP contribution in [0, 0.1) is 36.5 Å². The number of carbonyl (C=O) groups excluding carboxylic acids is 1. The molecule has 2 fully saturated rings. The van der Waals surface area contributed by atoms with E-state index in [1.807, 2.05) is 13.0 Å². The van der Waals surface area contributed by atoms with Crippen LogP contribution < -0.4 is 0 Å². The minimum Gasteiger partial charge on any atom is -0.469 e. The molecule has 0 unspecified atom stereocenters. The van der Waals surface area contributed by atoms with E-state index in [1.165, 1.54) is 0 Å². The van der Waals surface area contributed by atoms with Gasteiger partial charge in [-0.2, -0.15) is 0 Å². The van der Waals surface area contributed by atoms with Gasteiger partial charge in [-0.1, -0.05) is 20.8 Å². The Balaban J connectivity index is 1.58. The number of carbonyl (C=O) groups is 1. The van der Waals surface area contributed by atoms with Gasteiger partial charge in [0.25, 0.3) is 0 Å². The fourth-order valence-corrected chi connectivity index (χ4v) is 6.95. The summed E-state index contributed by atoms with van der Waals surface area (Å²) in [6, 6.07) is 1.97. The number of hydrogen-bond donors (Lipinski definition) is 1. The van der Waals surface area contributed by atoms with E-state index in [4.69, 9.17) is 13.9 Å².